The number of hydrogen-bond donors (Lipinski definition) is 1. The lowest BCUT2D eigenvalue weighted by atomic mass is 10.0. The zero-order chi connectivity index (χ0) is 22.3. The number of amides is 1. The molecule has 1 aliphatic rings. The Labute approximate surface area is 194 Å². The Kier molecular flexibility index (Phi) is 7.60. The summed E-state index contributed by atoms with van der Waals surface area (Å²) in [5.74, 6) is 0.301. The van der Waals surface area contributed by atoms with Crippen LogP contribution in [0.2, 0.25) is 0 Å². The van der Waals surface area contributed by atoms with E-state index in [0.717, 1.165) is 12.2 Å². The van der Waals surface area contributed by atoms with E-state index in [1.165, 1.54) is 66.4 Å². The van der Waals surface area contributed by atoms with Gasteiger partial charge in [-0.1, -0.05) is 48.5 Å². The lowest BCUT2D eigenvalue weighted by Crippen LogP contribution is -2.30. The van der Waals surface area contributed by atoms with Crippen molar-refractivity contribution in [3.05, 3.63) is 71.0 Å². The molecule has 0 bridgehead atoms. The van der Waals surface area contributed by atoms with Crippen LogP contribution in [0.1, 0.15) is 41.5 Å². The molecule has 0 radical (unpaired) electrons. The number of hydrogen-bond acceptors (Lipinski definition) is 5. The van der Waals surface area contributed by atoms with Crippen molar-refractivity contribution >= 4 is 17.7 Å². The van der Waals surface area contributed by atoms with Gasteiger partial charge in [-0.05, 0) is 74.2 Å². The van der Waals surface area contributed by atoms with Crippen LogP contribution in [0.5, 0.6) is 0 Å². The number of aromatic nitrogens is 3. The Morgan fingerprint density at radius 2 is 1.81 bits per heavy atom. The van der Waals surface area contributed by atoms with E-state index in [4.69, 9.17) is 0 Å². The Bertz CT molecular complexity index is 1060. The van der Waals surface area contributed by atoms with Crippen molar-refractivity contribution in [1.29, 1.82) is 0 Å². The summed E-state index contributed by atoms with van der Waals surface area (Å²) in [6.07, 6.45) is 5.59. The number of nitrogens with zero attached hydrogens (tertiary/aromatic N) is 4. The molecule has 1 amide bonds. The number of benzene rings is 2. The van der Waals surface area contributed by atoms with E-state index in [2.05, 4.69) is 70.7 Å². The molecule has 1 saturated heterocycles. The second-order valence-electron chi connectivity index (χ2n) is 8.42. The number of nitrogens with one attached hydrogen (secondary N) is 1. The van der Waals surface area contributed by atoms with Crippen molar-refractivity contribution in [2.75, 3.05) is 18.8 Å². The molecule has 0 atom stereocenters. The van der Waals surface area contributed by atoms with Gasteiger partial charge in [-0.15, -0.1) is 10.2 Å². The third-order valence-corrected chi connectivity index (χ3v) is 7.00. The van der Waals surface area contributed by atoms with E-state index in [1.807, 2.05) is 10.6 Å². The van der Waals surface area contributed by atoms with E-state index in [-0.39, 0.29) is 5.91 Å². The summed E-state index contributed by atoms with van der Waals surface area (Å²) >= 11 is 1.40. The normalized spacial score (nSPS) is 14.4. The first kappa shape index (κ1) is 22.6. The molecule has 0 saturated carbocycles. The molecule has 7 heteroatoms. The maximum Gasteiger partial charge on any atom is 0.230 e. The fourth-order valence-electron chi connectivity index (χ4n) is 3.99. The summed E-state index contributed by atoms with van der Waals surface area (Å²) < 4.78 is 1.93. The molecule has 6 nitrogen and oxygen atoms in total. The van der Waals surface area contributed by atoms with Gasteiger partial charge in [-0.3, -0.25) is 14.3 Å². The summed E-state index contributed by atoms with van der Waals surface area (Å²) in [4.78, 5) is 15.1. The predicted molar refractivity (Wildman–Crippen MR) is 129 cm³/mol. The lowest BCUT2D eigenvalue weighted by Gasteiger charge is -2.27. The minimum atomic E-state index is -0.00240. The molecule has 0 aliphatic carbocycles. The quantitative estimate of drug-likeness (QED) is 0.520. The highest BCUT2D eigenvalue weighted by atomic mass is 32.2. The molecular formula is C25H31N5OS. The maximum atomic E-state index is 12.6. The van der Waals surface area contributed by atoms with Crippen molar-refractivity contribution in [2.45, 2.75) is 51.4 Å². The third kappa shape index (κ3) is 5.78. The van der Waals surface area contributed by atoms with Gasteiger partial charge in [0.15, 0.2) is 5.16 Å². The largest absolute Gasteiger partial charge is 0.351 e. The molecule has 0 unspecified atom stereocenters. The van der Waals surface area contributed by atoms with Crippen molar-refractivity contribution in [1.82, 2.24) is 25.0 Å². The Morgan fingerprint density at radius 3 is 2.59 bits per heavy atom. The van der Waals surface area contributed by atoms with E-state index in [0.29, 0.717) is 17.5 Å². The van der Waals surface area contributed by atoms with Crippen molar-refractivity contribution in [3.8, 4) is 5.69 Å². The highest BCUT2D eigenvalue weighted by Crippen LogP contribution is 2.21. The number of aryl methyl sites for hydroxylation is 2. The molecule has 0 spiro atoms. The molecule has 1 fully saturated rings. The second kappa shape index (κ2) is 10.8. The SMILES string of the molecule is Cc1ccc(-n2cnnc2SCC(=O)NCc2ccccc2CN2CCCCC2)cc1C. The first-order chi connectivity index (χ1) is 15.6. The number of piperidine rings is 1. The van der Waals surface area contributed by atoms with Crippen molar-refractivity contribution in [3.63, 3.8) is 0 Å². The number of carbonyl (C=O) groups excluding carboxylic acids is 1. The van der Waals surface area contributed by atoms with Gasteiger partial charge >= 0.3 is 0 Å². The van der Waals surface area contributed by atoms with E-state index in [9.17, 15) is 4.79 Å². The molecule has 4 rings (SSSR count). The van der Waals surface area contributed by atoms with Crippen LogP contribution in [0.3, 0.4) is 0 Å². The van der Waals surface area contributed by atoms with Crippen LogP contribution in [0, 0.1) is 13.8 Å². The molecule has 1 aliphatic heterocycles. The van der Waals surface area contributed by atoms with Gasteiger partial charge in [0.1, 0.15) is 6.33 Å². The van der Waals surface area contributed by atoms with Gasteiger partial charge in [-0.25, -0.2) is 0 Å². The summed E-state index contributed by atoms with van der Waals surface area (Å²) in [6, 6.07) is 14.7. The minimum Gasteiger partial charge on any atom is -0.351 e. The first-order valence-corrected chi connectivity index (χ1v) is 12.2. The average Bonchev–Trinajstić information content (AvgIpc) is 3.28. The van der Waals surface area contributed by atoms with Crippen molar-refractivity contribution in [2.24, 2.45) is 0 Å². The molecular weight excluding hydrogens is 418 g/mol. The number of thioether (sulfide) groups is 1. The van der Waals surface area contributed by atoms with Crippen LogP contribution >= 0.6 is 11.8 Å². The van der Waals surface area contributed by atoms with Crippen LogP contribution in [0.4, 0.5) is 0 Å². The maximum absolute atomic E-state index is 12.6. The van der Waals surface area contributed by atoms with E-state index >= 15 is 0 Å². The van der Waals surface area contributed by atoms with E-state index < -0.39 is 0 Å². The molecule has 1 aromatic heterocycles. The van der Waals surface area contributed by atoms with Gasteiger partial charge in [0.25, 0.3) is 0 Å². The second-order valence-corrected chi connectivity index (χ2v) is 9.37. The first-order valence-electron chi connectivity index (χ1n) is 11.3. The number of rotatable bonds is 8. The van der Waals surface area contributed by atoms with Gasteiger partial charge in [0.05, 0.1) is 5.75 Å². The Balaban J connectivity index is 1.32. The van der Waals surface area contributed by atoms with Crippen LogP contribution in [0.25, 0.3) is 5.69 Å². The van der Waals surface area contributed by atoms with Gasteiger partial charge in [0, 0.05) is 18.8 Å². The minimum absolute atomic E-state index is 0.00240. The van der Waals surface area contributed by atoms with Gasteiger partial charge < -0.3 is 5.32 Å². The Hall–Kier alpha value is -2.64. The summed E-state index contributed by atoms with van der Waals surface area (Å²) in [5, 5.41) is 12.0. The zero-order valence-electron chi connectivity index (χ0n) is 18.9. The third-order valence-electron chi connectivity index (χ3n) is 6.05. The van der Waals surface area contributed by atoms with Crippen LogP contribution in [-0.4, -0.2) is 44.4 Å². The van der Waals surface area contributed by atoms with Crippen molar-refractivity contribution < 1.29 is 4.79 Å². The molecule has 168 valence electrons. The summed E-state index contributed by atoms with van der Waals surface area (Å²) in [5.41, 5.74) is 5.96. The highest BCUT2D eigenvalue weighted by molar-refractivity contribution is 7.99. The van der Waals surface area contributed by atoms with Crippen LogP contribution in [0.15, 0.2) is 53.9 Å². The topological polar surface area (TPSA) is 63.1 Å². The van der Waals surface area contributed by atoms with Crippen LogP contribution < -0.4 is 5.32 Å². The fourth-order valence-corrected chi connectivity index (χ4v) is 4.75. The molecule has 3 aromatic rings. The summed E-state index contributed by atoms with van der Waals surface area (Å²) in [6.45, 7) is 8.02. The lowest BCUT2D eigenvalue weighted by molar-refractivity contribution is -0.118. The highest BCUT2D eigenvalue weighted by Gasteiger charge is 2.14. The standard InChI is InChI=1S/C25H31N5OS/c1-19-10-11-23(14-20(19)2)30-18-27-28-25(30)32-17-24(31)26-15-21-8-4-5-9-22(21)16-29-12-6-3-7-13-29/h4-5,8-11,14,18H,3,6-7,12-13,15-17H2,1-2H3,(H,26,31). The molecule has 2 aromatic carbocycles. The Morgan fingerprint density at radius 1 is 1.03 bits per heavy atom. The zero-order valence-corrected chi connectivity index (χ0v) is 19.7. The fraction of sp³-hybridized carbons (Fsp3) is 0.400. The molecule has 2 heterocycles. The smallest absolute Gasteiger partial charge is 0.230 e. The summed E-state index contributed by atoms with van der Waals surface area (Å²) in [7, 11) is 0. The van der Waals surface area contributed by atoms with E-state index in [1.54, 1.807) is 6.33 Å². The van der Waals surface area contributed by atoms with Crippen LogP contribution in [-0.2, 0) is 17.9 Å². The monoisotopic (exact) mass is 449 g/mol. The number of carbonyl (C=O) groups is 1. The molecule has 32 heavy (non-hydrogen) atoms. The number of likely N-dealkylation sites (tertiary alicyclic amines) is 1. The molecule has 1 N–H and O–H groups in total. The van der Waals surface area contributed by atoms with Gasteiger partial charge in [0.2, 0.25) is 5.91 Å². The average molecular weight is 450 g/mol. The predicted octanol–water partition coefficient (Wildman–Crippen LogP) is 4.28. The van der Waals surface area contributed by atoms with Gasteiger partial charge in [-0.2, -0.15) is 0 Å².